The highest BCUT2D eigenvalue weighted by Crippen LogP contribution is 2.62. The van der Waals surface area contributed by atoms with Crippen molar-refractivity contribution in [2.45, 2.75) is 10.8 Å². The van der Waals surface area contributed by atoms with E-state index in [0.29, 0.717) is 0 Å². The normalized spacial score (nSPS) is 12.8. The number of nitrogens with one attached hydrogen (secondary N) is 1. The second kappa shape index (κ2) is 34.2. The van der Waals surface area contributed by atoms with Crippen molar-refractivity contribution < 1.29 is 0 Å². The summed E-state index contributed by atoms with van der Waals surface area (Å²) in [7, 11) is 0. The van der Waals surface area contributed by atoms with Crippen LogP contribution in [0, 0.1) is 0 Å². The van der Waals surface area contributed by atoms with Gasteiger partial charge in [0.05, 0.1) is 27.9 Å². The van der Waals surface area contributed by atoms with Gasteiger partial charge in [0.15, 0.2) is 0 Å². The molecule has 0 saturated carbocycles. The van der Waals surface area contributed by atoms with E-state index in [1.54, 1.807) is 0 Å². The first-order chi connectivity index (χ1) is 68.9. The number of nitrogens with zero attached hydrogens (tertiary/aromatic N) is 3. The lowest BCUT2D eigenvalue weighted by Gasteiger charge is -2.35. The number of benzene rings is 24. The van der Waals surface area contributed by atoms with Gasteiger partial charge in [0.2, 0.25) is 0 Å². The van der Waals surface area contributed by atoms with Crippen molar-refractivity contribution >= 4 is 143 Å². The smallest absolute Gasteiger partial charge is 0.0714 e. The third kappa shape index (κ3) is 13.6. The molecule has 2 heterocycles. The van der Waals surface area contributed by atoms with Gasteiger partial charge < -0.3 is 20.0 Å². The highest BCUT2D eigenvalue weighted by molar-refractivity contribution is 9.10. The molecule has 139 heavy (non-hydrogen) atoms. The second-order valence-corrected chi connectivity index (χ2v) is 37.5. The summed E-state index contributed by atoms with van der Waals surface area (Å²) in [4.78, 5) is 7.31. The van der Waals surface area contributed by atoms with Gasteiger partial charge in [-0.15, -0.1) is 0 Å². The average Bonchev–Trinajstić information content (AvgIpc) is 1.57. The molecule has 2 aliphatic heterocycles. The van der Waals surface area contributed by atoms with E-state index >= 15 is 0 Å². The number of hydrogen-bond acceptors (Lipinski definition) is 4. The number of rotatable bonds is 13. The maximum atomic E-state index is 3.83. The third-order valence-electron chi connectivity index (χ3n) is 29.2. The van der Waals surface area contributed by atoms with Gasteiger partial charge >= 0.3 is 0 Å². The topological polar surface area (TPSA) is 21.8 Å². The maximum absolute atomic E-state index is 3.83. The Hall–Kier alpha value is -17.5. The molecule has 1 N–H and O–H groups in total. The lowest BCUT2D eigenvalue weighted by atomic mass is 9.67. The van der Waals surface area contributed by atoms with Crippen LogP contribution in [0.1, 0.15) is 44.5 Å². The monoisotopic (exact) mass is 1830 g/mol. The molecule has 0 saturated heterocycles. The molecule has 24 aromatic carbocycles. The number of para-hydroxylation sites is 2. The van der Waals surface area contributed by atoms with E-state index in [-0.39, 0.29) is 0 Å². The Morgan fingerprint density at radius 3 is 1.08 bits per heavy atom. The van der Waals surface area contributed by atoms with Crippen molar-refractivity contribution in [1.82, 2.24) is 0 Å². The fourth-order valence-electron chi connectivity index (χ4n) is 23.2. The van der Waals surface area contributed by atoms with Gasteiger partial charge in [0.25, 0.3) is 0 Å². The van der Waals surface area contributed by atoms with Crippen molar-refractivity contribution in [1.29, 1.82) is 0 Å². The average molecular weight is 1840 g/mol. The highest BCUT2D eigenvalue weighted by atomic mass is 79.9. The van der Waals surface area contributed by atoms with Crippen LogP contribution in [0.4, 0.5) is 62.6 Å². The van der Waals surface area contributed by atoms with Gasteiger partial charge in [-0.1, -0.05) is 441 Å². The minimum atomic E-state index is -0.497. The number of hydrogen-bond donors (Lipinski definition) is 1. The molecule has 0 aromatic heterocycles. The minimum Gasteiger partial charge on any atom is -0.354 e. The zero-order valence-electron chi connectivity index (χ0n) is 76.0. The van der Waals surface area contributed by atoms with E-state index in [1.807, 2.05) is 0 Å². The summed E-state index contributed by atoms with van der Waals surface area (Å²) in [5, 5.41) is 18.8. The molecular weight excluding hydrogens is 1750 g/mol. The molecule has 0 spiro atoms. The summed E-state index contributed by atoms with van der Waals surface area (Å²) < 4.78 is 1.14. The molecule has 5 heteroatoms. The van der Waals surface area contributed by atoms with Gasteiger partial charge in [-0.05, 0) is 252 Å². The van der Waals surface area contributed by atoms with Crippen LogP contribution in [0.2, 0.25) is 0 Å². The molecule has 4 aliphatic rings. The summed E-state index contributed by atoms with van der Waals surface area (Å²) in [5.74, 6) is 0. The molecule has 28 rings (SSSR count). The highest BCUT2D eigenvalue weighted by Gasteiger charge is 2.48. The lowest BCUT2D eigenvalue weighted by molar-refractivity contribution is 0.768. The first-order valence-electron chi connectivity index (χ1n) is 47.9. The van der Waals surface area contributed by atoms with Gasteiger partial charge in [-0.25, -0.2) is 0 Å². The van der Waals surface area contributed by atoms with E-state index in [2.05, 4.69) is 570 Å². The number of halogens is 1. The van der Waals surface area contributed by atoms with E-state index in [9.17, 15) is 0 Å². The van der Waals surface area contributed by atoms with E-state index in [0.717, 1.165) is 50.0 Å². The third-order valence-corrected chi connectivity index (χ3v) is 29.7. The molecule has 4 nitrogen and oxygen atoms in total. The van der Waals surface area contributed by atoms with Crippen LogP contribution < -0.4 is 20.0 Å². The SMILES string of the molecule is Brc1ccc2ccccc2c1.c1ccc(N(c2ccc(-c3ccc4c5c(cccc35)-c3ccc5ccccc5c3N4)cc2)c2ccc3c(c2)C(c2ccccc2)(c2ccccc2)c2ccccc2-3)cc1.c1ccc(N(c2ccc(-c3ccc4c5c(cccc35)-c3ccc5ccccc5c3N4c3ccc4ccccc4c3)cc2)c2ccc3c(c2)C(c2ccccc2)(c2ccccc2)c2ccccc2-3)cc1. The summed E-state index contributed by atoms with van der Waals surface area (Å²) in [5.41, 5.74) is 36.7. The molecule has 2 aliphatic carbocycles. The molecule has 0 radical (unpaired) electrons. The van der Waals surface area contributed by atoms with Gasteiger partial charge in [0, 0.05) is 82.6 Å². The Balaban J connectivity index is 0.000000130. The summed E-state index contributed by atoms with van der Waals surface area (Å²) in [6.07, 6.45) is 0. The Morgan fingerprint density at radius 1 is 0.209 bits per heavy atom. The Kier molecular flexibility index (Phi) is 20.2. The standard InChI is InChI=1S/C67H44N2.C57H38N2.C10H7Br/c1-4-20-49(21-5-1)67(50-22-6-2-7-23-50)62-30-15-14-27-57(62)58-40-38-54(44-63(58)67)68(51-24-8-3-9-25-51)52-35-32-47(33-36-52)55-41-42-64-65-59(55)28-16-29-60(65)61-39-34-46-18-12-13-26-56(46)66(61)69(64)53-37-31-45-17-10-11-19-48(45)43-53;1-4-16-40(17-5-1)57(41-18-6-2-7-19-41)52-26-13-12-23-47(52)48-34-32-44(37-53(48)57)59(42-20-8-3-9-21-42)43-30-27-39(28-31-43)45-35-36-54-55-49(45)24-14-25-50(55)51-33-29-38-15-10-11-22-46(38)56(51)58-54;11-10-6-5-8-3-1-2-4-9(8)7-10/h1-44H;1-37,58H;1-7H. The quantitative estimate of drug-likeness (QED) is 0.124. The van der Waals surface area contributed by atoms with E-state index in [4.69, 9.17) is 0 Å². The van der Waals surface area contributed by atoms with Crippen LogP contribution in [0.15, 0.2) is 538 Å². The zero-order chi connectivity index (χ0) is 92.1. The fourth-order valence-corrected chi connectivity index (χ4v) is 23.5. The van der Waals surface area contributed by atoms with Crippen molar-refractivity contribution in [3.05, 3.63) is 583 Å². The van der Waals surface area contributed by atoms with Crippen LogP contribution in [0.3, 0.4) is 0 Å². The van der Waals surface area contributed by atoms with Gasteiger partial charge in [-0.3, -0.25) is 0 Å². The fraction of sp³-hybridized carbons (Fsp3) is 0.0149. The van der Waals surface area contributed by atoms with Crippen molar-refractivity contribution in [3.63, 3.8) is 0 Å². The van der Waals surface area contributed by atoms with Crippen LogP contribution in [0.5, 0.6) is 0 Å². The van der Waals surface area contributed by atoms with Crippen molar-refractivity contribution in [3.8, 4) is 66.8 Å². The molecule has 0 unspecified atom stereocenters. The van der Waals surface area contributed by atoms with Crippen LogP contribution in [-0.4, -0.2) is 0 Å². The first-order valence-corrected chi connectivity index (χ1v) is 48.6. The summed E-state index contributed by atoms with van der Waals surface area (Å²) in [6.45, 7) is 0. The lowest BCUT2D eigenvalue weighted by Crippen LogP contribution is -2.28. The Morgan fingerprint density at radius 2 is 0.561 bits per heavy atom. The van der Waals surface area contributed by atoms with E-state index in [1.165, 1.54) is 193 Å². The number of anilines is 11. The Labute approximate surface area is 817 Å². The minimum absolute atomic E-state index is 0.478. The van der Waals surface area contributed by atoms with Crippen LogP contribution >= 0.6 is 15.9 Å². The molecule has 0 amide bonds. The predicted molar refractivity (Wildman–Crippen MR) is 589 cm³/mol. The van der Waals surface area contributed by atoms with Gasteiger partial charge in [-0.2, -0.15) is 0 Å². The second-order valence-electron chi connectivity index (χ2n) is 36.6. The van der Waals surface area contributed by atoms with Gasteiger partial charge in [0.1, 0.15) is 0 Å². The maximum Gasteiger partial charge on any atom is 0.0714 e. The molecule has 0 bridgehead atoms. The first kappa shape index (κ1) is 82.2. The van der Waals surface area contributed by atoms with Crippen LogP contribution in [-0.2, 0) is 10.8 Å². The summed E-state index contributed by atoms with van der Waals surface area (Å²) in [6, 6.07) is 196. The summed E-state index contributed by atoms with van der Waals surface area (Å²) >= 11 is 3.43. The van der Waals surface area contributed by atoms with E-state index < -0.39 is 10.8 Å². The van der Waals surface area contributed by atoms with Crippen molar-refractivity contribution in [2.75, 3.05) is 20.0 Å². The predicted octanol–water partition coefficient (Wildman–Crippen LogP) is 36.9. The molecule has 652 valence electrons. The molecule has 0 fully saturated rings. The largest absolute Gasteiger partial charge is 0.354 e. The van der Waals surface area contributed by atoms with Crippen LogP contribution in [0.25, 0.3) is 131 Å². The molecular formula is C134H89BrN4. The molecule has 24 aromatic rings. The Bertz CT molecular complexity index is 8840. The van der Waals surface area contributed by atoms with Crippen molar-refractivity contribution in [2.24, 2.45) is 0 Å². The zero-order valence-corrected chi connectivity index (χ0v) is 77.6. The number of fused-ring (bicyclic) bond motifs is 16. The molecule has 0 atom stereocenters.